The maximum Gasteiger partial charge on any atom is 0.342 e. The number of hydrogen-bond donors (Lipinski definition) is 12. The number of imidazole rings is 3. The Bertz CT molecular complexity index is 5450. The quantitative estimate of drug-likeness (QED) is 0.00729. The van der Waals surface area contributed by atoms with Crippen LogP contribution in [0.2, 0.25) is 0 Å². The molecule has 9 atom stereocenters. The van der Waals surface area contributed by atoms with Crippen molar-refractivity contribution in [2.45, 2.75) is 337 Å². The van der Waals surface area contributed by atoms with Crippen molar-refractivity contribution in [2.24, 2.45) is 17.2 Å². The van der Waals surface area contributed by atoms with E-state index in [4.69, 9.17) is 85.9 Å². The molecule has 3 unspecified atom stereocenters. The number of carbonyl (C=O) groups excluding carboxylic acids is 5. The number of nitrogens with one attached hydrogen (secondary N) is 6. The first-order valence-corrected chi connectivity index (χ1v) is 57.6. The molecule has 3 aromatic carbocycles. The van der Waals surface area contributed by atoms with Crippen molar-refractivity contribution < 1.29 is 89.1 Å². The van der Waals surface area contributed by atoms with Gasteiger partial charge in [0.25, 0.3) is 0 Å². The van der Waals surface area contributed by atoms with Gasteiger partial charge in [0.15, 0.2) is 50.9 Å². The normalized spacial score (nSPS) is 14.7. The van der Waals surface area contributed by atoms with E-state index in [-0.39, 0.29) is 112 Å². The highest BCUT2D eigenvalue weighted by molar-refractivity contribution is 7.57. The Balaban J connectivity index is 0.000000406. The summed E-state index contributed by atoms with van der Waals surface area (Å²) in [6.45, 7) is 26.4. The summed E-state index contributed by atoms with van der Waals surface area (Å²) in [5.74, 6) is 1.50. The summed E-state index contributed by atoms with van der Waals surface area (Å²) in [5.41, 5.74) is 37.4. The molecule has 0 radical (unpaired) electrons. The molecule has 49 heteroatoms. The number of nitrogen functional groups attached to an aromatic ring is 3. The van der Waals surface area contributed by atoms with Crippen LogP contribution in [0.3, 0.4) is 0 Å². The number of aromatic nitrogens is 12. The predicted octanol–water partition coefficient (Wildman–Crippen LogP) is 18.3. The zero-order valence-electron chi connectivity index (χ0n) is 89.4. The van der Waals surface area contributed by atoms with Crippen molar-refractivity contribution in [2.75, 3.05) is 105 Å². The second-order valence-corrected chi connectivity index (χ2v) is 42.7. The van der Waals surface area contributed by atoms with E-state index < -0.39 is 70.7 Å². The lowest BCUT2D eigenvalue weighted by Gasteiger charge is -2.24. The third-order valence-electron chi connectivity index (χ3n) is 22.6. The molecule has 0 amide bonds. The fraction of sp³-hybridized carbons (Fsp3) is 0.624. The topological polar surface area (TPSA) is 597 Å². The second-order valence-electron chi connectivity index (χ2n) is 36.6. The number of ether oxygens (including phenoxy) is 8. The minimum atomic E-state index is -3.64. The molecule has 0 bridgehead atoms. The van der Waals surface area contributed by atoms with Crippen molar-refractivity contribution >= 4 is 158 Å². The number of rotatable bonds is 65. The number of hydrogen-bond acceptors (Lipinski definition) is 37. The fourth-order valence-corrected chi connectivity index (χ4v) is 18.9. The van der Waals surface area contributed by atoms with Gasteiger partial charge in [-0.15, -0.1) is 37.2 Å². The molecule has 3 fully saturated rings. The highest BCUT2D eigenvalue weighted by Gasteiger charge is 2.36. The lowest BCUT2D eigenvalue weighted by Crippen LogP contribution is -2.37. The largest absolute Gasteiger partial charge is 0.465 e. The highest BCUT2D eigenvalue weighted by atomic mass is 35.5. The Morgan fingerprint density at radius 2 is 0.620 bits per heavy atom. The highest BCUT2D eigenvalue weighted by Crippen LogP contribution is 2.47. The van der Waals surface area contributed by atoms with Gasteiger partial charge in [-0.3, -0.25) is 37.7 Å². The first-order chi connectivity index (χ1) is 70.8. The molecule has 6 heterocycles. The van der Waals surface area contributed by atoms with Crippen LogP contribution in [0.5, 0.6) is 17.2 Å². The van der Waals surface area contributed by atoms with Crippen LogP contribution in [0.1, 0.15) is 263 Å². The van der Waals surface area contributed by atoms with Crippen LogP contribution < -0.4 is 79.2 Å². The van der Waals surface area contributed by atoms with Gasteiger partial charge in [0.1, 0.15) is 66.5 Å². The Kier molecular flexibility index (Phi) is 64.7. The van der Waals surface area contributed by atoms with E-state index >= 15 is 0 Å². The molecule has 0 saturated heterocycles. The van der Waals surface area contributed by atoms with Gasteiger partial charge in [-0.05, 0) is 155 Å². The first-order valence-electron chi connectivity index (χ1n) is 52.2. The Morgan fingerprint density at radius 3 is 0.880 bits per heavy atom. The minimum absolute atomic E-state index is 0. The summed E-state index contributed by atoms with van der Waals surface area (Å²) >= 11 is 0. The standard InChI is InChI=1S/C28H42N7O5P.C26H38N7O5P.C23H32N7O5P.C11H23NO2.C9H19NO2.C4H11N.3ClH/c1-3-4-5-6-7-11-17-39-27(36)21(2)34-41(37,40-23-12-9-8-10-13-23)20-38-18-16-35-19-30-24-25(31-22-14-15-22)32-28(29)33-26(24)35;1-3-4-5-9-15-37-25(34)19(2)32-39(35,38-21-10-7-6-8-11-21)18-36-16-14-33-17-28-22-23(29-20-12-13-20)30-26(27)31-24(22)33;1-3-18(22(31)34-4-2)29-36(32,35-17-8-6-5-7-9-17)15-33-13-12-30-14-25-19-20(26-16-10-11-16)27-23(24)28-21(19)30;1-3-4-5-6-7-8-9-14-11(13)10(2)12;1-3-4-5-6-7-12-9(11)8(2)10;1-3-4(2)5;;;/h8-10,12-13,19,21-22H,3-7,11,14-18,20H2,1-2H3,(H,34,37)(H3,29,31,32,33);6-8,10-11,17,19-20H,3-5,9,12-16,18H2,1-2H3,(H,32,35)(H3,27,29,30,31);5-9,14,16,18H,3-4,10-13,15H2,1-2H3,(H,29,32)(H3,24,26,27,28);10H,3-9,12H2,1-2H3;8H,3-7,10H2,1-2H3;4H,3,5H2,1-2H3;3*1H/t21-,41?;19-,39?;18-,36?;10-;8-;4-;;;/m000111.../s1. The van der Waals surface area contributed by atoms with Gasteiger partial charge in [-0.2, -0.15) is 29.9 Å². The van der Waals surface area contributed by atoms with Crippen molar-refractivity contribution in [3.8, 4) is 17.2 Å². The molecular weight excluding hydrogens is 2050 g/mol. The van der Waals surface area contributed by atoms with Gasteiger partial charge in [0.2, 0.25) is 17.8 Å². The minimum Gasteiger partial charge on any atom is -0.465 e. The number of nitrogens with zero attached hydrogens (tertiary/aromatic N) is 12. The molecule has 18 N–H and O–H groups in total. The summed E-state index contributed by atoms with van der Waals surface area (Å²) in [5, 5.41) is 18.5. The van der Waals surface area contributed by atoms with E-state index in [9.17, 15) is 37.7 Å². The third kappa shape index (κ3) is 52.1. The number of benzene rings is 3. The number of fused-ring (bicyclic) bond motifs is 3. The lowest BCUT2D eigenvalue weighted by molar-refractivity contribution is -0.146. The van der Waals surface area contributed by atoms with Crippen LogP contribution in [0.4, 0.5) is 35.3 Å². The number of unbranched alkanes of at least 4 members (excludes halogenated alkanes) is 16. The Hall–Kier alpha value is -9.94. The van der Waals surface area contributed by atoms with Gasteiger partial charge in [0, 0.05) is 43.8 Å². The summed E-state index contributed by atoms with van der Waals surface area (Å²) in [6, 6.07) is 24.4. The number of nitrogens with two attached hydrogens (primary N) is 6. The lowest BCUT2D eigenvalue weighted by atomic mass is 10.1. The van der Waals surface area contributed by atoms with Crippen LogP contribution >= 0.6 is 59.8 Å². The first kappa shape index (κ1) is 132. The maximum atomic E-state index is 13.8. The molecule has 3 aliphatic carbocycles. The van der Waals surface area contributed by atoms with Crippen LogP contribution in [0, 0.1) is 0 Å². The average Bonchev–Trinajstić information content (AvgIpc) is 1.65. The molecule has 12 rings (SSSR count). The SMILES string of the molecule is CCCCCCCCOC(=O)[C@@H](C)N.CCCCCCCCOC(=O)[C@H](C)NP(=O)(COCCn1cnc2c(NC3CC3)nc(N)nc21)Oc1ccccc1.CCCCCCOC(=O)[C@@H](C)N.CCCCCCOC(=O)[C@H](C)NP(=O)(COCCn1cnc2c(NC3CC3)nc(N)nc21)Oc1ccccc1.CCOC(=O)[C@H](CC)NP(=O)(COCCn1cnc2c(NC3CC3)nc(N)nc21)Oc1ccccc1.CC[C@@H](C)N.Cl.Cl.Cl. The van der Waals surface area contributed by atoms with Crippen molar-refractivity contribution in [3.63, 3.8) is 0 Å². The van der Waals surface area contributed by atoms with E-state index in [1.54, 1.807) is 142 Å². The molecule has 150 heavy (non-hydrogen) atoms. The zero-order valence-corrected chi connectivity index (χ0v) is 94.6. The molecular formula is C101H168Cl3N24O19P3. The van der Waals surface area contributed by atoms with Crippen molar-refractivity contribution in [3.05, 3.63) is 110 Å². The molecule has 3 saturated carbocycles. The number of anilines is 6. The number of halogens is 3. The van der Waals surface area contributed by atoms with Gasteiger partial charge >= 0.3 is 52.4 Å². The van der Waals surface area contributed by atoms with Crippen LogP contribution in [0.15, 0.2) is 110 Å². The van der Waals surface area contributed by atoms with E-state index in [0.717, 1.165) is 116 Å². The average molecular weight is 2220 g/mol. The molecule has 3 aliphatic rings. The van der Waals surface area contributed by atoms with Crippen LogP contribution in [-0.4, -0.2) is 215 Å². The van der Waals surface area contributed by atoms with Gasteiger partial charge in [-0.25, -0.2) is 30.2 Å². The zero-order chi connectivity index (χ0) is 107. The van der Waals surface area contributed by atoms with Gasteiger partial charge < -0.3 is 116 Å². The number of para-hydroxylation sites is 3. The van der Waals surface area contributed by atoms with Crippen molar-refractivity contribution in [1.82, 2.24) is 73.8 Å². The smallest absolute Gasteiger partial charge is 0.342 e. The molecule has 0 aliphatic heterocycles. The monoisotopic (exact) mass is 2220 g/mol. The van der Waals surface area contributed by atoms with Gasteiger partial charge in [-0.1, -0.05) is 199 Å². The van der Waals surface area contributed by atoms with Gasteiger partial charge in [0.05, 0.1) is 71.8 Å². The van der Waals surface area contributed by atoms with Crippen molar-refractivity contribution in [1.29, 1.82) is 0 Å². The van der Waals surface area contributed by atoms with Crippen LogP contribution in [-0.2, 0) is 95.2 Å². The summed E-state index contributed by atoms with van der Waals surface area (Å²) in [6.07, 6.45) is 34.4. The predicted molar refractivity (Wildman–Crippen MR) is 597 cm³/mol. The fourth-order valence-electron chi connectivity index (χ4n) is 13.7. The van der Waals surface area contributed by atoms with E-state index in [0.29, 0.717) is 145 Å². The summed E-state index contributed by atoms with van der Waals surface area (Å²) < 4.78 is 107. The molecule has 6 aromatic heterocycles. The molecule has 9 aromatic rings. The molecule has 842 valence electrons. The number of esters is 5. The summed E-state index contributed by atoms with van der Waals surface area (Å²) in [4.78, 5) is 98.4. The molecule has 43 nitrogen and oxygen atoms in total. The Labute approximate surface area is 902 Å². The molecule has 0 spiro atoms. The number of carbonyl (C=O) groups is 5. The Morgan fingerprint density at radius 1 is 0.353 bits per heavy atom. The maximum absolute atomic E-state index is 13.8. The summed E-state index contributed by atoms with van der Waals surface area (Å²) in [7, 11) is -10.9. The van der Waals surface area contributed by atoms with E-state index in [1.165, 1.54) is 57.8 Å². The van der Waals surface area contributed by atoms with Crippen LogP contribution in [0.25, 0.3) is 33.5 Å². The van der Waals surface area contributed by atoms with E-state index in [2.05, 4.69) is 111 Å². The third-order valence-corrected chi connectivity index (χ3v) is 27.9. The van der Waals surface area contributed by atoms with E-state index in [1.807, 2.05) is 29.7 Å². The second kappa shape index (κ2) is 73.4.